The van der Waals surface area contributed by atoms with E-state index < -0.39 is 0 Å². The summed E-state index contributed by atoms with van der Waals surface area (Å²) in [6.07, 6.45) is 0.913. The maximum absolute atomic E-state index is 2.52. The summed E-state index contributed by atoms with van der Waals surface area (Å²) in [6, 6.07) is 40.4. The molecule has 0 atom stereocenters. The van der Waals surface area contributed by atoms with Crippen LogP contribution in [-0.4, -0.2) is 0 Å². The van der Waals surface area contributed by atoms with Crippen molar-refractivity contribution in [1.82, 2.24) is 0 Å². The van der Waals surface area contributed by atoms with Crippen LogP contribution >= 0.6 is 181 Å². The van der Waals surface area contributed by atoms with Crippen molar-refractivity contribution in [3.8, 4) is 44.5 Å². The molecule has 0 aliphatic heterocycles. The maximum Gasteiger partial charge on any atom is 0.0225 e. The van der Waals surface area contributed by atoms with Gasteiger partial charge in [0.05, 0.1) is 0 Å². The second-order valence-electron chi connectivity index (χ2n) is 10.4. The van der Waals surface area contributed by atoms with E-state index in [9.17, 15) is 0 Å². The van der Waals surface area contributed by atoms with Gasteiger partial charge in [-0.3, -0.25) is 0 Å². The van der Waals surface area contributed by atoms with Crippen LogP contribution in [0.3, 0.4) is 0 Å². The molecule has 45 heavy (non-hydrogen) atoms. The van der Waals surface area contributed by atoms with E-state index in [1.165, 1.54) is 84.2 Å². The molecule has 0 nitrogen and oxygen atoms in total. The average Bonchev–Trinajstić information content (AvgIpc) is 2.99. The van der Waals surface area contributed by atoms with Crippen LogP contribution < -0.4 is 0 Å². The molecule has 0 fully saturated rings. The summed E-state index contributed by atoms with van der Waals surface area (Å²) in [6.45, 7) is 0. The summed E-state index contributed by atoms with van der Waals surface area (Å²) in [5.41, 5.74) is 13.0. The zero-order valence-electron chi connectivity index (χ0n) is 23.1. The molecule has 0 spiro atoms. The van der Waals surface area contributed by atoms with Gasteiger partial charge in [0.15, 0.2) is 0 Å². The topological polar surface area (TPSA) is 0 Å². The van der Waals surface area contributed by atoms with E-state index in [1.54, 1.807) is 0 Å². The van der Waals surface area contributed by atoms with Gasteiger partial charge < -0.3 is 0 Å². The van der Waals surface area contributed by atoms with E-state index in [1.807, 2.05) is 0 Å². The normalized spacial score (nSPS) is 11.2. The first kappa shape index (κ1) is 36.0. The molecule has 224 valence electrons. The van der Waals surface area contributed by atoms with Gasteiger partial charge in [0.25, 0.3) is 0 Å². The highest BCUT2D eigenvalue weighted by Gasteiger charge is 2.16. The highest BCUT2D eigenvalue weighted by molar-refractivity contribution is 14.1. The quantitative estimate of drug-likeness (QED) is 0.146. The van der Waals surface area contributed by atoms with Crippen molar-refractivity contribution < 1.29 is 0 Å². The van der Waals surface area contributed by atoms with Crippen molar-refractivity contribution in [1.29, 1.82) is 0 Å². The third kappa shape index (κ3) is 8.22. The molecule has 0 saturated carbocycles. The number of hydrogen-bond acceptors (Lipinski definition) is 0. The second-order valence-corrected chi connectivity index (χ2v) is 19.7. The number of hydrogen-bond donors (Lipinski definition) is 0. The standard InChI is InChI=1S/C37H20I8/c38-28-7-3-1-5-26(28)24-16-32(42)36(33(43)17-24)22-11-9-20(30(40)14-22)13-21-10-12-23(15-31(21)41)37-34(44)18-25(19-35(37)45)27-6-2-4-8-29(27)39/h1-12,14-19H,13H2. The molecule has 0 aliphatic rings. The average molecular weight is 1480 g/mol. The predicted molar refractivity (Wildman–Crippen MR) is 259 cm³/mol. The van der Waals surface area contributed by atoms with Gasteiger partial charge in [0, 0.05) is 39.7 Å². The summed E-state index contributed by atoms with van der Waals surface area (Å²) >= 11 is 19.9. The van der Waals surface area contributed by atoms with Gasteiger partial charge in [-0.15, -0.1) is 0 Å². The molecule has 8 heteroatoms. The minimum absolute atomic E-state index is 0.913. The van der Waals surface area contributed by atoms with E-state index >= 15 is 0 Å². The summed E-state index contributed by atoms with van der Waals surface area (Å²) in [4.78, 5) is 0. The highest BCUT2D eigenvalue weighted by Crippen LogP contribution is 2.39. The smallest absolute Gasteiger partial charge is 0.0225 e. The van der Waals surface area contributed by atoms with Gasteiger partial charge in [-0.1, -0.05) is 60.7 Å². The minimum atomic E-state index is 0.913. The van der Waals surface area contributed by atoms with Crippen LogP contribution in [0, 0.1) is 28.6 Å². The Hall–Kier alpha value is 1.16. The Morgan fingerprint density at radius 3 is 0.978 bits per heavy atom. The lowest BCUT2D eigenvalue weighted by atomic mass is 9.96. The first-order valence-electron chi connectivity index (χ1n) is 13.7. The zero-order chi connectivity index (χ0) is 31.8. The fraction of sp³-hybridized carbons (Fsp3) is 0.0270. The van der Waals surface area contributed by atoms with Crippen molar-refractivity contribution in [2.24, 2.45) is 0 Å². The van der Waals surface area contributed by atoms with E-state index in [0.29, 0.717) is 0 Å². The van der Waals surface area contributed by atoms with E-state index in [-0.39, 0.29) is 0 Å². The lowest BCUT2D eigenvalue weighted by Crippen LogP contribution is -1.98. The van der Waals surface area contributed by atoms with Gasteiger partial charge in [-0.05, 0) is 280 Å². The number of halogens is 8. The molecular weight excluding hydrogens is 1460 g/mol. The van der Waals surface area contributed by atoms with E-state index in [4.69, 9.17) is 0 Å². The SMILES string of the molecule is Ic1cc(-c2c(I)cc(-c3ccccc3I)cc2I)ccc1Cc1ccc(-c2c(I)cc(-c3ccccc3I)cc2I)cc1I. The van der Waals surface area contributed by atoms with Crippen molar-refractivity contribution in [2.45, 2.75) is 6.42 Å². The first-order valence-corrected chi connectivity index (χ1v) is 22.3. The third-order valence-corrected chi connectivity index (χ3v) is 14.8. The van der Waals surface area contributed by atoms with Crippen LogP contribution in [0.15, 0.2) is 109 Å². The highest BCUT2D eigenvalue weighted by atomic mass is 127. The molecule has 0 radical (unpaired) electrons. The molecule has 0 aliphatic carbocycles. The molecule has 0 heterocycles. The summed E-state index contributed by atoms with van der Waals surface area (Å²) in [7, 11) is 0. The Morgan fingerprint density at radius 2 is 0.644 bits per heavy atom. The Kier molecular flexibility index (Phi) is 12.8. The van der Waals surface area contributed by atoms with Crippen LogP contribution in [0.5, 0.6) is 0 Å². The Bertz CT molecular complexity index is 1890. The fourth-order valence-electron chi connectivity index (χ4n) is 5.30. The Labute approximate surface area is 373 Å². The zero-order valence-corrected chi connectivity index (χ0v) is 40.4. The number of benzene rings is 6. The Morgan fingerprint density at radius 1 is 0.311 bits per heavy atom. The summed E-state index contributed by atoms with van der Waals surface area (Å²) in [5.74, 6) is 0. The first-order chi connectivity index (χ1) is 21.6. The minimum Gasteiger partial charge on any atom is -0.0616 e. The molecule has 6 aromatic rings. The molecule has 0 bridgehead atoms. The molecule has 0 saturated heterocycles. The molecule has 6 rings (SSSR count). The predicted octanol–water partition coefficient (Wildman–Crippen LogP) is 14.8. The van der Waals surface area contributed by atoms with Gasteiger partial charge in [0.1, 0.15) is 0 Å². The maximum atomic E-state index is 2.52. The van der Waals surface area contributed by atoms with Crippen LogP contribution in [0.1, 0.15) is 11.1 Å². The number of rotatable bonds is 6. The van der Waals surface area contributed by atoms with Gasteiger partial charge >= 0.3 is 0 Å². The second kappa shape index (κ2) is 16.0. The molecular formula is C37H20I8. The monoisotopic (exact) mass is 1480 g/mol. The molecule has 0 unspecified atom stereocenters. The van der Waals surface area contributed by atoms with Gasteiger partial charge in [-0.25, -0.2) is 0 Å². The lowest BCUT2D eigenvalue weighted by molar-refractivity contribution is 1.16. The molecule has 0 N–H and O–H groups in total. The summed E-state index contributed by atoms with van der Waals surface area (Å²) < 4.78 is 10.3. The van der Waals surface area contributed by atoms with Crippen LogP contribution in [0.25, 0.3) is 44.5 Å². The van der Waals surface area contributed by atoms with Crippen molar-refractivity contribution in [3.63, 3.8) is 0 Å². The van der Waals surface area contributed by atoms with Gasteiger partial charge in [-0.2, -0.15) is 0 Å². The third-order valence-electron chi connectivity index (χ3n) is 7.52. The van der Waals surface area contributed by atoms with E-state index in [0.717, 1.165) is 6.42 Å². The largest absolute Gasteiger partial charge is 0.0616 e. The van der Waals surface area contributed by atoms with Crippen LogP contribution in [0.4, 0.5) is 0 Å². The van der Waals surface area contributed by atoms with E-state index in [2.05, 4.69) is 290 Å². The van der Waals surface area contributed by atoms with Crippen molar-refractivity contribution in [2.75, 3.05) is 0 Å². The molecule has 0 aromatic heterocycles. The lowest BCUT2D eigenvalue weighted by Gasteiger charge is -2.15. The van der Waals surface area contributed by atoms with Gasteiger partial charge in [0.2, 0.25) is 0 Å². The van der Waals surface area contributed by atoms with Crippen molar-refractivity contribution >= 4 is 181 Å². The van der Waals surface area contributed by atoms with Crippen molar-refractivity contribution in [3.05, 3.63) is 149 Å². The fourth-order valence-corrected chi connectivity index (χ4v) is 12.9. The molecule has 6 aromatic carbocycles. The molecule has 0 amide bonds. The summed E-state index contributed by atoms with van der Waals surface area (Å²) in [5, 5.41) is 0. The Balaban J connectivity index is 1.26. The van der Waals surface area contributed by atoms with Crippen LogP contribution in [0.2, 0.25) is 0 Å². The van der Waals surface area contributed by atoms with Crippen LogP contribution in [-0.2, 0) is 6.42 Å².